The van der Waals surface area contributed by atoms with Crippen LogP contribution in [0.25, 0.3) is 0 Å². The van der Waals surface area contributed by atoms with Crippen LogP contribution in [-0.2, 0) is 4.74 Å². The van der Waals surface area contributed by atoms with E-state index in [2.05, 4.69) is 62.5 Å². The molecule has 0 aromatic heterocycles. The number of hydrogen-bond acceptors (Lipinski definition) is 5. The summed E-state index contributed by atoms with van der Waals surface area (Å²) in [5.41, 5.74) is 0. The number of rotatable bonds is 38. The van der Waals surface area contributed by atoms with Gasteiger partial charge in [0.2, 0.25) is 0 Å². The lowest BCUT2D eigenvalue weighted by molar-refractivity contribution is -0.216. The van der Waals surface area contributed by atoms with E-state index < -0.39 is 5.79 Å². The monoisotopic (exact) mass is 676 g/mol. The van der Waals surface area contributed by atoms with Gasteiger partial charge in [-0.2, -0.15) is 5.06 Å². The zero-order chi connectivity index (χ0) is 35.1. The molecule has 282 valence electrons. The summed E-state index contributed by atoms with van der Waals surface area (Å²) in [5, 5.41) is 31.5. The van der Waals surface area contributed by atoms with Crippen LogP contribution in [0.15, 0.2) is 48.6 Å². The van der Waals surface area contributed by atoms with E-state index in [0.717, 1.165) is 38.5 Å². The third kappa shape index (κ3) is 36.1. The predicted molar refractivity (Wildman–Crippen MR) is 209 cm³/mol. The predicted octanol–water partition coefficient (Wildman–Crippen LogP) is 12.6. The number of ether oxygens (including phenoxy) is 1. The Morgan fingerprint density at radius 1 is 0.479 bits per heavy atom. The molecule has 5 heteroatoms. The number of aliphatic hydroxyl groups excluding tert-OH is 1. The molecule has 0 aliphatic heterocycles. The highest BCUT2D eigenvalue weighted by atomic mass is 16.6. The molecule has 0 spiro atoms. The fourth-order valence-electron chi connectivity index (χ4n) is 5.92. The minimum Gasteiger partial charge on any atom is -0.396 e. The van der Waals surface area contributed by atoms with Gasteiger partial charge in [-0.1, -0.05) is 140 Å². The molecule has 0 amide bonds. The Morgan fingerprint density at radius 2 is 0.854 bits per heavy atom. The lowest BCUT2D eigenvalue weighted by Crippen LogP contribution is -2.34. The number of hydroxylamine groups is 2. The Labute approximate surface area is 299 Å². The highest BCUT2D eigenvalue weighted by Crippen LogP contribution is 2.25. The van der Waals surface area contributed by atoms with Gasteiger partial charge in [-0.25, -0.2) is 0 Å². The van der Waals surface area contributed by atoms with Crippen molar-refractivity contribution in [2.75, 3.05) is 26.3 Å². The van der Waals surface area contributed by atoms with Crippen molar-refractivity contribution in [3.05, 3.63) is 48.6 Å². The van der Waals surface area contributed by atoms with Gasteiger partial charge in [0.15, 0.2) is 5.79 Å². The average Bonchev–Trinajstić information content (AvgIpc) is 3.09. The van der Waals surface area contributed by atoms with E-state index in [9.17, 15) is 10.3 Å². The zero-order valence-corrected chi connectivity index (χ0v) is 31.9. The molecule has 0 rings (SSSR count). The minimum atomic E-state index is -1.06. The summed E-state index contributed by atoms with van der Waals surface area (Å²) in [4.78, 5) is 0. The van der Waals surface area contributed by atoms with Crippen LogP contribution in [-0.4, -0.2) is 52.6 Å². The van der Waals surface area contributed by atoms with Crippen molar-refractivity contribution in [1.82, 2.24) is 5.06 Å². The van der Waals surface area contributed by atoms with Crippen LogP contribution < -0.4 is 0 Å². The van der Waals surface area contributed by atoms with Crippen LogP contribution >= 0.6 is 0 Å². The van der Waals surface area contributed by atoms with E-state index >= 15 is 0 Å². The first-order valence-corrected chi connectivity index (χ1v) is 20.6. The molecule has 0 radical (unpaired) electrons. The van der Waals surface area contributed by atoms with Crippen LogP contribution in [0, 0.1) is 0 Å². The van der Waals surface area contributed by atoms with Gasteiger partial charge < -0.3 is 20.2 Å². The summed E-state index contributed by atoms with van der Waals surface area (Å²) in [6, 6.07) is 0. The van der Waals surface area contributed by atoms with Crippen LogP contribution in [0.3, 0.4) is 0 Å². The lowest BCUT2D eigenvalue weighted by atomic mass is 9.98. The summed E-state index contributed by atoms with van der Waals surface area (Å²) >= 11 is 0. The smallest absolute Gasteiger partial charge is 0.165 e. The highest BCUT2D eigenvalue weighted by Gasteiger charge is 2.26. The molecule has 0 unspecified atom stereocenters. The molecule has 0 saturated heterocycles. The molecular formula is C43H81NO4. The zero-order valence-electron chi connectivity index (χ0n) is 31.9. The molecular weight excluding hydrogens is 594 g/mol. The minimum absolute atomic E-state index is 0.0790. The Kier molecular flexibility index (Phi) is 37.6. The average molecular weight is 676 g/mol. The van der Waals surface area contributed by atoms with Crippen molar-refractivity contribution in [2.24, 2.45) is 0 Å². The second-order valence-corrected chi connectivity index (χ2v) is 13.8. The third-order valence-electron chi connectivity index (χ3n) is 9.04. The third-order valence-corrected chi connectivity index (χ3v) is 9.04. The van der Waals surface area contributed by atoms with Gasteiger partial charge >= 0.3 is 0 Å². The van der Waals surface area contributed by atoms with Gasteiger partial charge in [0, 0.05) is 32.5 Å². The number of nitrogens with zero attached hydrogens (tertiary/aromatic N) is 1. The second kappa shape index (κ2) is 38.6. The van der Waals surface area contributed by atoms with Crippen molar-refractivity contribution in [3.63, 3.8) is 0 Å². The molecule has 48 heavy (non-hydrogen) atoms. The van der Waals surface area contributed by atoms with E-state index in [-0.39, 0.29) is 6.61 Å². The maximum atomic E-state index is 11.4. The largest absolute Gasteiger partial charge is 0.396 e. The molecule has 0 bridgehead atoms. The van der Waals surface area contributed by atoms with E-state index in [1.165, 1.54) is 121 Å². The van der Waals surface area contributed by atoms with Crippen LogP contribution in [0.5, 0.6) is 0 Å². The first kappa shape index (κ1) is 46.8. The molecule has 0 heterocycles. The Balaban J connectivity index is 4.15. The van der Waals surface area contributed by atoms with E-state index in [0.29, 0.717) is 45.4 Å². The number of aliphatic hydroxyl groups is 2. The number of allylic oxidation sites excluding steroid dienone is 8. The summed E-state index contributed by atoms with van der Waals surface area (Å²) < 4.78 is 6.08. The molecule has 0 saturated carbocycles. The molecule has 0 aromatic rings. The normalized spacial score (nSPS) is 12.8. The first-order valence-electron chi connectivity index (χ1n) is 20.6. The molecule has 0 aliphatic rings. The SMILES string of the molecule is CCCCC/C=C\C/C=C\CCCCCCCCC(O)(CCCCCCCC/C=C\C/C=C\CCCCC)OCCCN(O)CCCO. The highest BCUT2D eigenvalue weighted by molar-refractivity contribution is 4.93. The van der Waals surface area contributed by atoms with Crippen LogP contribution in [0.4, 0.5) is 0 Å². The topological polar surface area (TPSA) is 73.2 Å². The van der Waals surface area contributed by atoms with Gasteiger partial charge in [-0.3, -0.25) is 0 Å². The summed E-state index contributed by atoms with van der Waals surface area (Å²) in [6.07, 6.45) is 50.2. The standard InChI is InChI=1S/C43H81NO4/c1-3-5-7-9-11-13-15-17-19-21-23-25-27-29-31-33-37-43(46,48-42-36-40-44(47)39-35-41-45)38-34-32-30-28-26-24-22-20-18-16-14-12-10-8-6-4-2/h11-14,17-20,45-47H,3-10,15-16,21-42H2,1-2H3/b13-11-,14-12-,19-17-,20-18-. The number of hydrogen-bond donors (Lipinski definition) is 3. The Hall–Kier alpha value is -1.24. The van der Waals surface area contributed by atoms with Gasteiger partial charge in [-0.15, -0.1) is 0 Å². The van der Waals surface area contributed by atoms with Crippen LogP contribution in [0.2, 0.25) is 0 Å². The fourth-order valence-corrected chi connectivity index (χ4v) is 5.92. The summed E-state index contributed by atoms with van der Waals surface area (Å²) in [7, 11) is 0. The van der Waals surface area contributed by atoms with Crippen molar-refractivity contribution in [1.29, 1.82) is 0 Å². The molecule has 3 N–H and O–H groups in total. The quantitative estimate of drug-likeness (QED) is 0.0263. The van der Waals surface area contributed by atoms with Gasteiger partial charge in [0.25, 0.3) is 0 Å². The van der Waals surface area contributed by atoms with E-state index in [4.69, 9.17) is 9.84 Å². The lowest BCUT2D eigenvalue weighted by Gasteiger charge is -2.29. The van der Waals surface area contributed by atoms with Crippen molar-refractivity contribution in [3.8, 4) is 0 Å². The maximum absolute atomic E-state index is 11.4. The van der Waals surface area contributed by atoms with Gasteiger partial charge in [0.05, 0.1) is 6.61 Å². The van der Waals surface area contributed by atoms with E-state index in [1.54, 1.807) is 0 Å². The molecule has 0 atom stereocenters. The van der Waals surface area contributed by atoms with Crippen molar-refractivity contribution >= 4 is 0 Å². The summed E-state index contributed by atoms with van der Waals surface area (Å²) in [5.74, 6) is -1.06. The van der Waals surface area contributed by atoms with Crippen molar-refractivity contribution in [2.45, 2.75) is 199 Å². The van der Waals surface area contributed by atoms with Crippen LogP contribution in [0.1, 0.15) is 194 Å². The van der Waals surface area contributed by atoms with Gasteiger partial charge in [0.1, 0.15) is 0 Å². The van der Waals surface area contributed by atoms with Gasteiger partial charge in [-0.05, 0) is 89.9 Å². The maximum Gasteiger partial charge on any atom is 0.165 e. The molecule has 0 aliphatic carbocycles. The second-order valence-electron chi connectivity index (χ2n) is 13.8. The molecule has 0 aromatic carbocycles. The first-order chi connectivity index (χ1) is 23.6. The molecule has 5 nitrogen and oxygen atoms in total. The summed E-state index contributed by atoms with van der Waals surface area (Å²) in [6.45, 7) is 5.98. The Morgan fingerprint density at radius 3 is 1.27 bits per heavy atom. The number of unbranched alkanes of at least 4 members (excludes halogenated alkanes) is 18. The fraction of sp³-hybridized carbons (Fsp3) is 0.814. The Bertz CT molecular complexity index is 699. The van der Waals surface area contributed by atoms with Crippen molar-refractivity contribution < 1.29 is 20.2 Å². The van der Waals surface area contributed by atoms with E-state index in [1.807, 2.05) is 0 Å². The molecule has 0 fully saturated rings.